The quantitative estimate of drug-likeness (QED) is 0.361. The van der Waals surface area contributed by atoms with Crippen LogP contribution in [0.2, 0.25) is 5.02 Å². The van der Waals surface area contributed by atoms with Crippen molar-refractivity contribution in [2.24, 2.45) is 0 Å². The fraction of sp³-hybridized carbons (Fsp3) is 0.409. The molecule has 2 aromatic heterocycles. The lowest BCUT2D eigenvalue weighted by Crippen LogP contribution is -2.15. The summed E-state index contributed by atoms with van der Waals surface area (Å²) in [6.45, 7) is 6.61. The molecule has 0 atom stereocenters. The van der Waals surface area contributed by atoms with E-state index >= 15 is 0 Å². The van der Waals surface area contributed by atoms with Crippen LogP contribution < -0.4 is 16.0 Å². The van der Waals surface area contributed by atoms with E-state index in [0.717, 1.165) is 54.2 Å². The second-order valence-corrected chi connectivity index (χ2v) is 7.52. The molecule has 3 N–H and O–H groups in total. The van der Waals surface area contributed by atoms with Crippen LogP contribution in [0.4, 0.5) is 17.5 Å². The zero-order valence-corrected chi connectivity index (χ0v) is 17.9. The first-order valence-electron chi connectivity index (χ1n) is 10.3. The summed E-state index contributed by atoms with van der Waals surface area (Å²) >= 11 is 6.06. The lowest BCUT2D eigenvalue weighted by Gasteiger charge is -2.12. The standard InChI is InChI=1S/C22H29ClN6/c1-3-4-5-6-10-27-22-28-16(2)14-21(29-22)26-13-12-25-19-9-11-24-20-15-17(23)7-8-18(19)20/h7-9,11,14-15H,3-6,10,12-13H2,1-2H3,(H,24,25)(H2,26,27,28,29). The van der Waals surface area contributed by atoms with Crippen LogP contribution in [0.15, 0.2) is 36.5 Å². The van der Waals surface area contributed by atoms with Gasteiger partial charge in [-0.15, -0.1) is 0 Å². The fourth-order valence-corrected chi connectivity index (χ4v) is 3.32. The Labute approximate surface area is 177 Å². The molecule has 29 heavy (non-hydrogen) atoms. The number of pyridine rings is 1. The van der Waals surface area contributed by atoms with Gasteiger partial charge in [-0.05, 0) is 37.6 Å². The molecule has 3 rings (SSSR count). The molecule has 7 heteroatoms. The molecular weight excluding hydrogens is 384 g/mol. The van der Waals surface area contributed by atoms with Crippen molar-refractivity contribution in [3.05, 3.63) is 47.2 Å². The number of aryl methyl sites for hydroxylation is 1. The maximum absolute atomic E-state index is 6.06. The zero-order chi connectivity index (χ0) is 20.5. The fourth-order valence-electron chi connectivity index (χ4n) is 3.15. The van der Waals surface area contributed by atoms with Crippen molar-refractivity contribution < 1.29 is 0 Å². The second-order valence-electron chi connectivity index (χ2n) is 7.08. The number of aromatic nitrogens is 3. The van der Waals surface area contributed by atoms with E-state index in [0.29, 0.717) is 11.0 Å². The number of hydrogen-bond donors (Lipinski definition) is 3. The maximum atomic E-state index is 6.06. The molecule has 3 aromatic rings. The first-order chi connectivity index (χ1) is 14.2. The third-order valence-electron chi connectivity index (χ3n) is 4.62. The Bertz CT molecular complexity index is 930. The molecule has 0 unspecified atom stereocenters. The van der Waals surface area contributed by atoms with Crippen molar-refractivity contribution in [1.82, 2.24) is 15.0 Å². The number of anilines is 3. The molecular formula is C22H29ClN6. The Morgan fingerprint density at radius 1 is 0.897 bits per heavy atom. The van der Waals surface area contributed by atoms with Gasteiger partial charge < -0.3 is 16.0 Å². The number of fused-ring (bicyclic) bond motifs is 1. The van der Waals surface area contributed by atoms with E-state index in [1.54, 1.807) is 6.20 Å². The van der Waals surface area contributed by atoms with E-state index < -0.39 is 0 Å². The summed E-state index contributed by atoms with van der Waals surface area (Å²) in [6.07, 6.45) is 6.69. The highest BCUT2D eigenvalue weighted by molar-refractivity contribution is 6.31. The van der Waals surface area contributed by atoms with Crippen molar-refractivity contribution in [2.45, 2.75) is 39.5 Å². The molecule has 0 aliphatic carbocycles. The molecule has 2 heterocycles. The average molecular weight is 413 g/mol. The van der Waals surface area contributed by atoms with Gasteiger partial charge in [0.25, 0.3) is 0 Å². The Kier molecular flexibility index (Phi) is 7.87. The highest BCUT2D eigenvalue weighted by Crippen LogP contribution is 2.24. The number of nitrogens with one attached hydrogen (secondary N) is 3. The van der Waals surface area contributed by atoms with Crippen LogP contribution in [-0.2, 0) is 0 Å². The van der Waals surface area contributed by atoms with Gasteiger partial charge in [-0.3, -0.25) is 4.98 Å². The van der Waals surface area contributed by atoms with Gasteiger partial charge in [-0.1, -0.05) is 37.8 Å². The van der Waals surface area contributed by atoms with Crippen LogP contribution in [-0.4, -0.2) is 34.6 Å². The van der Waals surface area contributed by atoms with Gasteiger partial charge in [0.2, 0.25) is 5.95 Å². The Morgan fingerprint density at radius 3 is 2.62 bits per heavy atom. The number of rotatable bonds is 11. The normalized spacial score (nSPS) is 10.9. The zero-order valence-electron chi connectivity index (χ0n) is 17.1. The third-order valence-corrected chi connectivity index (χ3v) is 4.85. The lowest BCUT2D eigenvalue weighted by atomic mass is 10.2. The average Bonchev–Trinajstić information content (AvgIpc) is 2.70. The Hall–Kier alpha value is -2.60. The van der Waals surface area contributed by atoms with Gasteiger partial charge in [0, 0.05) is 53.7 Å². The second kappa shape index (κ2) is 10.8. The Balaban J connectivity index is 1.50. The van der Waals surface area contributed by atoms with Crippen LogP contribution in [0.3, 0.4) is 0 Å². The minimum atomic E-state index is 0.689. The van der Waals surface area contributed by atoms with E-state index in [-0.39, 0.29) is 0 Å². The number of benzene rings is 1. The molecule has 0 aliphatic heterocycles. The molecule has 154 valence electrons. The van der Waals surface area contributed by atoms with Crippen LogP contribution in [0.5, 0.6) is 0 Å². The maximum Gasteiger partial charge on any atom is 0.224 e. The summed E-state index contributed by atoms with van der Waals surface area (Å²) < 4.78 is 0. The van der Waals surface area contributed by atoms with Crippen molar-refractivity contribution in [3.8, 4) is 0 Å². The summed E-state index contributed by atoms with van der Waals surface area (Å²) in [6, 6.07) is 9.70. The predicted molar refractivity (Wildman–Crippen MR) is 123 cm³/mol. The van der Waals surface area contributed by atoms with Crippen LogP contribution in [0.25, 0.3) is 10.9 Å². The molecule has 0 saturated heterocycles. The number of nitrogens with zero attached hydrogens (tertiary/aromatic N) is 3. The molecule has 0 aliphatic rings. The molecule has 0 radical (unpaired) electrons. The van der Waals surface area contributed by atoms with Crippen LogP contribution in [0.1, 0.15) is 38.3 Å². The number of unbranched alkanes of at least 4 members (excludes halogenated alkanes) is 3. The smallest absolute Gasteiger partial charge is 0.224 e. The highest BCUT2D eigenvalue weighted by atomic mass is 35.5. The summed E-state index contributed by atoms with van der Waals surface area (Å²) in [5.41, 5.74) is 2.88. The van der Waals surface area contributed by atoms with E-state index in [9.17, 15) is 0 Å². The van der Waals surface area contributed by atoms with E-state index in [1.165, 1.54) is 19.3 Å². The number of hydrogen-bond acceptors (Lipinski definition) is 6. The molecule has 0 amide bonds. The van der Waals surface area contributed by atoms with Gasteiger partial charge in [-0.2, -0.15) is 4.98 Å². The van der Waals surface area contributed by atoms with Crippen molar-refractivity contribution in [3.63, 3.8) is 0 Å². The highest BCUT2D eigenvalue weighted by Gasteiger charge is 2.04. The predicted octanol–water partition coefficient (Wildman–Crippen LogP) is 5.50. The molecule has 0 fully saturated rings. The van der Waals surface area contributed by atoms with Gasteiger partial charge in [-0.25, -0.2) is 4.98 Å². The lowest BCUT2D eigenvalue weighted by molar-refractivity contribution is 0.683. The first-order valence-corrected chi connectivity index (χ1v) is 10.6. The van der Waals surface area contributed by atoms with Crippen molar-refractivity contribution in [1.29, 1.82) is 0 Å². The summed E-state index contributed by atoms with van der Waals surface area (Å²) in [4.78, 5) is 13.4. The van der Waals surface area contributed by atoms with Gasteiger partial charge >= 0.3 is 0 Å². The molecule has 6 nitrogen and oxygen atoms in total. The van der Waals surface area contributed by atoms with Crippen molar-refractivity contribution >= 4 is 40.0 Å². The van der Waals surface area contributed by atoms with Gasteiger partial charge in [0.05, 0.1) is 5.52 Å². The van der Waals surface area contributed by atoms with Crippen molar-refractivity contribution in [2.75, 3.05) is 35.6 Å². The first kappa shape index (κ1) is 21.1. The summed E-state index contributed by atoms with van der Waals surface area (Å²) in [5.74, 6) is 1.52. The summed E-state index contributed by atoms with van der Waals surface area (Å²) in [5, 5.41) is 11.9. The molecule has 0 spiro atoms. The van der Waals surface area contributed by atoms with Crippen LogP contribution in [0, 0.1) is 6.92 Å². The largest absolute Gasteiger partial charge is 0.383 e. The topological polar surface area (TPSA) is 74.8 Å². The molecule has 0 saturated carbocycles. The number of halogens is 1. The molecule has 0 bridgehead atoms. The minimum absolute atomic E-state index is 0.689. The van der Waals surface area contributed by atoms with Gasteiger partial charge in [0.15, 0.2) is 0 Å². The van der Waals surface area contributed by atoms with E-state index in [4.69, 9.17) is 11.6 Å². The van der Waals surface area contributed by atoms with E-state index in [2.05, 4.69) is 37.8 Å². The van der Waals surface area contributed by atoms with E-state index in [1.807, 2.05) is 37.3 Å². The molecule has 1 aromatic carbocycles. The van der Waals surface area contributed by atoms with Gasteiger partial charge in [0.1, 0.15) is 5.82 Å². The minimum Gasteiger partial charge on any atom is -0.383 e. The SMILES string of the molecule is CCCCCCNc1nc(C)cc(NCCNc2ccnc3cc(Cl)ccc23)n1. The Morgan fingerprint density at radius 2 is 1.76 bits per heavy atom. The third kappa shape index (κ3) is 6.46. The summed E-state index contributed by atoms with van der Waals surface area (Å²) in [7, 11) is 0. The monoisotopic (exact) mass is 412 g/mol. The van der Waals surface area contributed by atoms with Crippen LogP contribution >= 0.6 is 11.6 Å².